The molecular formula is C16H25NO2. The topological polar surface area (TPSA) is 41.5 Å². The average Bonchev–Trinajstić information content (AvgIpc) is 2.45. The fourth-order valence-electron chi connectivity index (χ4n) is 2.93. The van der Waals surface area contributed by atoms with E-state index in [4.69, 9.17) is 4.74 Å². The predicted molar refractivity (Wildman–Crippen MR) is 78.2 cm³/mol. The zero-order valence-electron chi connectivity index (χ0n) is 12.1. The van der Waals surface area contributed by atoms with Gasteiger partial charge >= 0.3 is 0 Å². The normalized spacial score (nSPS) is 29.9. The summed E-state index contributed by atoms with van der Waals surface area (Å²) < 4.78 is 5.82. The van der Waals surface area contributed by atoms with Crippen LogP contribution in [0.3, 0.4) is 0 Å². The van der Waals surface area contributed by atoms with Crippen LogP contribution in [0.4, 0.5) is 5.69 Å². The van der Waals surface area contributed by atoms with Crippen molar-refractivity contribution in [1.82, 2.24) is 0 Å². The molecule has 19 heavy (non-hydrogen) atoms. The van der Waals surface area contributed by atoms with Crippen LogP contribution in [0.1, 0.15) is 39.2 Å². The van der Waals surface area contributed by atoms with Crippen LogP contribution in [0.25, 0.3) is 0 Å². The molecule has 0 radical (unpaired) electrons. The quantitative estimate of drug-likeness (QED) is 0.828. The van der Waals surface area contributed by atoms with Crippen LogP contribution in [0, 0.1) is 5.41 Å². The highest BCUT2D eigenvalue weighted by Crippen LogP contribution is 2.47. The van der Waals surface area contributed by atoms with Gasteiger partial charge in [-0.2, -0.15) is 0 Å². The Morgan fingerprint density at radius 3 is 2.84 bits per heavy atom. The Morgan fingerprint density at radius 2 is 2.21 bits per heavy atom. The largest absolute Gasteiger partial charge is 0.392 e. The molecule has 0 amide bonds. The number of anilines is 1. The minimum atomic E-state index is 0.0901. The molecule has 1 saturated carbocycles. The third-order valence-corrected chi connectivity index (χ3v) is 4.56. The number of ether oxygens (including phenoxy) is 1. The van der Waals surface area contributed by atoms with Crippen molar-refractivity contribution in [1.29, 1.82) is 0 Å². The van der Waals surface area contributed by atoms with Crippen LogP contribution in [-0.2, 0) is 11.3 Å². The number of nitrogens with one attached hydrogen (secondary N) is 1. The molecule has 0 saturated heterocycles. The molecule has 0 heterocycles. The summed E-state index contributed by atoms with van der Waals surface area (Å²) >= 11 is 0. The molecule has 1 aromatic carbocycles. The maximum atomic E-state index is 9.18. The Kier molecular flexibility index (Phi) is 4.48. The van der Waals surface area contributed by atoms with E-state index in [0.29, 0.717) is 12.1 Å². The van der Waals surface area contributed by atoms with Crippen molar-refractivity contribution in [2.75, 3.05) is 11.9 Å². The molecule has 3 heteroatoms. The lowest BCUT2D eigenvalue weighted by molar-refractivity contribution is -0.109. The number of aliphatic hydroxyl groups is 1. The van der Waals surface area contributed by atoms with Gasteiger partial charge in [-0.15, -0.1) is 0 Å². The van der Waals surface area contributed by atoms with Gasteiger partial charge in [-0.3, -0.25) is 0 Å². The van der Waals surface area contributed by atoms with Gasteiger partial charge in [0, 0.05) is 23.8 Å². The standard InChI is InChI=1S/C16H25NO2/c1-4-16(3)14(10-15(16)19-5-2)17-13-8-6-7-12(9-13)11-18/h6-9,14-15,17-18H,4-5,10-11H2,1-3H3. The minimum absolute atomic E-state index is 0.0901. The maximum Gasteiger partial charge on any atom is 0.0682 e. The summed E-state index contributed by atoms with van der Waals surface area (Å²) in [6, 6.07) is 8.44. The van der Waals surface area contributed by atoms with Gasteiger partial charge in [-0.1, -0.05) is 26.0 Å². The van der Waals surface area contributed by atoms with Crippen LogP contribution in [0.2, 0.25) is 0 Å². The fraction of sp³-hybridized carbons (Fsp3) is 0.625. The average molecular weight is 263 g/mol. The van der Waals surface area contributed by atoms with E-state index in [1.54, 1.807) is 0 Å². The van der Waals surface area contributed by atoms with E-state index in [1.165, 1.54) is 0 Å². The molecule has 0 spiro atoms. The summed E-state index contributed by atoms with van der Waals surface area (Å²) in [5, 5.41) is 12.8. The highest BCUT2D eigenvalue weighted by Gasteiger charge is 2.51. The lowest BCUT2D eigenvalue weighted by Crippen LogP contribution is -2.59. The first-order chi connectivity index (χ1) is 9.13. The van der Waals surface area contributed by atoms with Gasteiger partial charge in [0.15, 0.2) is 0 Å². The van der Waals surface area contributed by atoms with Crippen molar-refractivity contribution in [3.8, 4) is 0 Å². The van der Waals surface area contributed by atoms with Crippen molar-refractivity contribution >= 4 is 5.69 Å². The van der Waals surface area contributed by atoms with E-state index >= 15 is 0 Å². The van der Waals surface area contributed by atoms with E-state index in [0.717, 1.165) is 30.7 Å². The van der Waals surface area contributed by atoms with Crippen LogP contribution >= 0.6 is 0 Å². The van der Waals surface area contributed by atoms with Crippen molar-refractivity contribution < 1.29 is 9.84 Å². The Balaban J connectivity index is 2.03. The van der Waals surface area contributed by atoms with E-state index in [9.17, 15) is 5.11 Å². The predicted octanol–water partition coefficient (Wildman–Crippen LogP) is 3.18. The summed E-state index contributed by atoms with van der Waals surface area (Å²) in [5.74, 6) is 0. The highest BCUT2D eigenvalue weighted by atomic mass is 16.5. The summed E-state index contributed by atoms with van der Waals surface area (Å²) in [6.45, 7) is 7.45. The summed E-state index contributed by atoms with van der Waals surface area (Å²) in [4.78, 5) is 0. The first-order valence-corrected chi connectivity index (χ1v) is 7.22. The molecule has 1 aromatic rings. The van der Waals surface area contributed by atoms with E-state index in [2.05, 4.69) is 32.2 Å². The molecule has 1 aliphatic rings. The lowest BCUT2D eigenvalue weighted by atomic mass is 9.61. The van der Waals surface area contributed by atoms with Crippen molar-refractivity contribution in [3.05, 3.63) is 29.8 Å². The first kappa shape index (κ1) is 14.4. The number of hydrogen-bond acceptors (Lipinski definition) is 3. The third-order valence-electron chi connectivity index (χ3n) is 4.56. The molecular weight excluding hydrogens is 238 g/mol. The Bertz CT molecular complexity index is 421. The number of rotatable bonds is 6. The molecule has 0 aliphatic heterocycles. The molecule has 3 atom stereocenters. The van der Waals surface area contributed by atoms with E-state index in [1.807, 2.05) is 18.2 Å². The number of hydrogen-bond donors (Lipinski definition) is 2. The highest BCUT2D eigenvalue weighted by molar-refractivity contribution is 5.47. The van der Waals surface area contributed by atoms with Crippen LogP contribution < -0.4 is 5.32 Å². The van der Waals surface area contributed by atoms with Gasteiger partial charge in [-0.05, 0) is 37.5 Å². The van der Waals surface area contributed by atoms with E-state index < -0.39 is 0 Å². The molecule has 2 N–H and O–H groups in total. The second-order valence-corrected chi connectivity index (χ2v) is 5.59. The van der Waals surface area contributed by atoms with Crippen LogP contribution in [0.5, 0.6) is 0 Å². The fourth-order valence-corrected chi connectivity index (χ4v) is 2.93. The van der Waals surface area contributed by atoms with Gasteiger partial charge in [-0.25, -0.2) is 0 Å². The number of aliphatic hydroxyl groups excluding tert-OH is 1. The second-order valence-electron chi connectivity index (χ2n) is 5.59. The zero-order valence-corrected chi connectivity index (χ0v) is 12.1. The SMILES string of the molecule is CCOC1CC(Nc2cccc(CO)c2)C1(C)CC. The molecule has 106 valence electrons. The summed E-state index contributed by atoms with van der Waals surface area (Å²) in [5.41, 5.74) is 2.24. The van der Waals surface area contributed by atoms with Crippen LogP contribution in [0.15, 0.2) is 24.3 Å². The Morgan fingerprint density at radius 1 is 1.42 bits per heavy atom. The van der Waals surface area contributed by atoms with Gasteiger partial charge in [0.05, 0.1) is 12.7 Å². The molecule has 3 nitrogen and oxygen atoms in total. The lowest BCUT2D eigenvalue weighted by Gasteiger charge is -2.54. The van der Waals surface area contributed by atoms with Gasteiger partial charge < -0.3 is 15.2 Å². The Hall–Kier alpha value is -1.06. The van der Waals surface area contributed by atoms with Crippen molar-refractivity contribution in [3.63, 3.8) is 0 Å². The Labute approximate surface area is 116 Å². The molecule has 2 rings (SSSR count). The maximum absolute atomic E-state index is 9.18. The first-order valence-electron chi connectivity index (χ1n) is 7.22. The van der Waals surface area contributed by atoms with Gasteiger partial charge in [0.2, 0.25) is 0 Å². The summed E-state index contributed by atoms with van der Waals surface area (Å²) in [7, 11) is 0. The molecule has 0 aromatic heterocycles. The van der Waals surface area contributed by atoms with Crippen molar-refractivity contribution in [2.45, 2.75) is 52.4 Å². The monoisotopic (exact) mass is 263 g/mol. The molecule has 0 bridgehead atoms. The molecule has 1 aliphatic carbocycles. The minimum Gasteiger partial charge on any atom is -0.392 e. The second kappa shape index (κ2) is 5.93. The smallest absolute Gasteiger partial charge is 0.0682 e. The van der Waals surface area contributed by atoms with E-state index in [-0.39, 0.29) is 12.0 Å². The van der Waals surface area contributed by atoms with Gasteiger partial charge in [0.25, 0.3) is 0 Å². The molecule has 1 fully saturated rings. The van der Waals surface area contributed by atoms with Crippen LogP contribution in [-0.4, -0.2) is 23.9 Å². The summed E-state index contributed by atoms with van der Waals surface area (Å²) in [6.07, 6.45) is 2.53. The zero-order chi connectivity index (χ0) is 13.9. The molecule has 3 unspecified atom stereocenters. The number of benzene rings is 1. The third kappa shape index (κ3) is 2.77. The van der Waals surface area contributed by atoms with Gasteiger partial charge in [0.1, 0.15) is 0 Å². The van der Waals surface area contributed by atoms with Crippen molar-refractivity contribution in [2.24, 2.45) is 5.41 Å².